The number of hydrogen-bond donors (Lipinski definition) is 1. The zero-order valence-corrected chi connectivity index (χ0v) is 15.0. The zero-order valence-electron chi connectivity index (χ0n) is 14.2. The van der Waals surface area contributed by atoms with Crippen LogP contribution in [0.15, 0.2) is 36.4 Å². The normalized spacial score (nSPS) is 11.9. The van der Waals surface area contributed by atoms with Crippen molar-refractivity contribution in [1.29, 1.82) is 0 Å². The number of aromatic nitrogens is 1. The highest BCUT2D eigenvalue weighted by atomic mass is 35.5. The first-order valence-electron chi connectivity index (χ1n) is 8.10. The lowest BCUT2D eigenvalue weighted by Crippen LogP contribution is -1.94. The lowest BCUT2D eigenvalue weighted by molar-refractivity contribution is 0.879. The largest absolute Gasteiger partial charge is 0.335 e. The number of nitrogens with zero attached hydrogens (tertiary/aromatic N) is 1. The van der Waals surface area contributed by atoms with Gasteiger partial charge in [0.05, 0.1) is 16.2 Å². The van der Waals surface area contributed by atoms with E-state index in [1.54, 1.807) is 0 Å². The summed E-state index contributed by atoms with van der Waals surface area (Å²) in [5, 5.41) is 4.88. The van der Waals surface area contributed by atoms with Crippen LogP contribution in [0.4, 0.5) is 0 Å². The van der Waals surface area contributed by atoms with Gasteiger partial charge in [-0.2, -0.15) is 0 Å². The molecule has 1 aliphatic rings. The van der Waals surface area contributed by atoms with Gasteiger partial charge in [-0.3, -0.25) is 0 Å². The van der Waals surface area contributed by atoms with Gasteiger partial charge in [0.2, 0.25) is 0 Å². The number of hydrogen-bond acceptors (Lipinski definition) is 1. The van der Waals surface area contributed by atoms with E-state index < -0.39 is 0 Å². The number of rotatable bonds is 1. The van der Waals surface area contributed by atoms with Crippen LogP contribution in [0.1, 0.15) is 23.6 Å². The second-order valence-electron chi connectivity index (χ2n) is 6.01. The van der Waals surface area contributed by atoms with Crippen molar-refractivity contribution < 1.29 is 0 Å². The molecule has 23 heavy (non-hydrogen) atoms. The first-order chi connectivity index (χ1) is 11.1. The summed E-state index contributed by atoms with van der Waals surface area (Å²) in [6.45, 7) is 5.35. The highest BCUT2D eigenvalue weighted by molar-refractivity contribution is 6.36. The third-order valence-electron chi connectivity index (χ3n) is 4.41. The molecule has 2 aromatic carbocycles. The lowest BCUT2D eigenvalue weighted by atomic mass is 10.00. The molecule has 0 atom stereocenters. The minimum Gasteiger partial charge on any atom is -0.335 e. The number of aryl methyl sites for hydroxylation is 2. The van der Waals surface area contributed by atoms with Crippen LogP contribution in [0, 0.1) is 6.92 Å². The van der Waals surface area contributed by atoms with Crippen LogP contribution in [0.5, 0.6) is 0 Å². The van der Waals surface area contributed by atoms with Crippen LogP contribution in [-0.4, -0.2) is 18.7 Å². The van der Waals surface area contributed by atoms with E-state index in [9.17, 15) is 0 Å². The average molecular weight is 327 g/mol. The van der Waals surface area contributed by atoms with E-state index in [0.717, 1.165) is 18.0 Å². The van der Waals surface area contributed by atoms with Crippen molar-refractivity contribution in [2.24, 2.45) is 0 Å². The van der Waals surface area contributed by atoms with E-state index in [2.05, 4.69) is 54.1 Å². The summed E-state index contributed by atoms with van der Waals surface area (Å²) in [6, 6.07) is 12.9. The first kappa shape index (κ1) is 16.1. The van der Waals surface area contributed by atoms with Crippen LogP contribution in [0.25, 0.3) is 22.2 Å². The van der Waals surface area contributed by atoms with Gasteiger partial charge >= 0.3 is 0 Å². The van der Waals surface area contributed by atoms with Crippen LogP contribution < -0.4 is 5.32 Å². The van der Waals surface area contributed by atoms with Gasteiger partial charge < -0.3 is 9.88 Å². The maximum absolute atomic E-state index is 6.49. The second kappa shape index (κ2) is 6.38. The predicted molar refractivity (Wildman–Crippen MR) is 101 cm³/mol. The molecule has 1 aromatic heterocycles. The Bertz CT molecular complexity index is 862. The van der Waals surface area contributed by atoms with E-state index in [0.29, 0.717) is 0 Å². The summed E-state index contributed by atoms with van der Waals surface area (Å²) in [7, 11) is 3.75. The molecule has 0 amide bonds. The number of halogens is 1. The minimum absolute atomic E-state index is 0.877. The van der Waals surface area contributed by atoms with E-state index in [1.165, 1.54) is 38.9 Å². The quantitative estimate of drug-likeness (QED) is 0.519. The Morgan fingerprint density at radius 1 is 1.13 bits per heavy atom. The highest BCUT2D eigenvalue weighted by Gasteiger charge is 2.26. The molecule has 4 rings (SSSR count). The fourth-order valence-corrected chi connectivity index (χ4v) is 3.84. The summed E-state index contributed by atoms with van der Waals surface area (Å²) in [4.78, 5) is 0. The van der Waals surface area contributed by atoms with E-state index in [1.807, 2.05) is 20.2 Å². The Morgan fingerprint density at radius 2 is 1.83 bits per heavy atom. The van der Waals surface area contributed by atoms with Gasteiger partial charge in [-0.05, 0) is 50.2 Å². The molecule has 0 radical (unpaired) electrons. The summed E-state index contributed by atoms with van der Waals surface area (Å²) in [5.74, 6) is 0. The highest BCUT2D eigenvalue weighted by Crippen LogP contribution is 2.44. The fourth-order valence-electron chi connectivity index (χ4n) is 3.57. The third-order valence-corrected chi connectivity index (χ3v) is 4.73. The molecule has 0 spiro atoms. The minimum atomic E-state index is 0.877. The van der Waals surface area contributed by atoms with E-state index >= 15 is 0 Å². The summed E-state index contributed by atoms with van der Waals surface area (Å²) < 4.78 is 2.44. The maximum atomic E-state index is 6.49. The molecule has 0 fully saturated rings. The zero-order chi connectivity index (χ0) is 16.6. The summed E-state index contributed by atoms with van der Waals surface area (Å²) >= 11 is 6.49. The molecule has 2 nitrogen and oxygen atoms in total. The molecular weight excluding hydrogens is 304 g/mol. The maximum Gasteiger partial charge on any atom is 0.0536 e. The van der Waals surface area contributed by atoms with Crippen molar-refractivity contribution in [3.05, 3.63) is 58.1 Å². The van der Waals surface area contributed by atoms with Gasteiger partial charge in [-0.25, -0.2) is 0 Å². The lowest BCUT2D eigenvalue weighted by Gasteiger charge is -2.05. The Hall–Kier alpha value is -1.77. The molecule has 1 aliphatic heterocycles. The predicted octanol–water partition coefficient (Wildman–Crippen LogP) is 5.03. The molecule has 2 heterocycles. The first-order valence-corrected chi connectivity index (χ1v) is 8.48. The Balaban J connectivity index is 0.000000485. The van der Waals surface area contributed by atoms with Crippen molar-refractivity contribution >= 4 is 22.5 Å². The Labute approximate surface area is 143 Å². The molecule has 0 saturated carbocycles. The number of fused-ring (bicyclic) bond motifs is 5. The summed E-state index contributed by atoms with van der Waals surface area (Å²) in [6.07, 6.45) is 1.01. The van der Waals surface area contributed by atoms with Gasteiger partial charge in [0.15, 0.2) is 0 Å². The van der Waals surface area contributed by atoms with Crippen LogP contribution in [-0.2, 0) is 13.0 Å². The van der Waals surface area contributed by atoms with Crippen LogP contribution >= 0.6 is 11.6 Å². The number of nitrogens with one attached hydrogen (secondary N) is 1. The fraction of sp³-hybridized carbons (Fsp3) is 0.300. The molecule has 1 N–H and O–H groups in total. The molecule has 0 unspecified atom stereocenters. The molecule has 0 saturated heterocycles. The SMILES string of the molecule is CCc1c2n(c3c(C)ccc(Cl)c13)Cc1ccccc1-2.CNC. The number of benzene rings is 2. The van der Waals surface area contributed by atoms with Crippen molar-refractivity contribution in [2.45, 2.75) is 26.8 Å². The van der Waals surface area contributed by atoms with Crippen molar-refractivity contribution in [1.82, 2.24) is 9.88 Å². The molecular formula is C20H23ClN2. The van der Waals surface area contributed by atoms with Gasteiger partial charge in [0, 0.05) is 17.5 Å². The molecule has 120 valence electrons. The topological polar surface area (TPSA) is 17.0 Å². The van der Waals surface area contributed by atoms with Crippen LogP contribution in [0.3, 0.4) is 0 Å². The van der Waals surface area contributed by atoms with Gasteiger partial charge in [0.25, 0.3) is 0 Å². The molecule has 0 bridgehead atoms. The van der Waals surface area contributed by atoms with Crippen molar-refractivity contribution in [2.75, 3.05) is 14.1 Å². The van der Waals surface area contributed by atoms with Gasteiger partial charge in [-0.1, -0.05) is 48.9 Å². The Morgan fingerprint density at radius 3 is 2.52 bits per heavy atom. The standard InChI is InChI=1S/C18H16ClN.C2H7N/c1-3-13-16-15(19)9-8-11(2)17(16)20-10-12-6-4-5-7-14(12)18(13)20;1-3-2/h4-9H,3,10H2,1-2H3;3H,1-2H3. The molecule has 3 heteroatoms. The van der Waals surface area contributed by atoms with E-state index in [4.69, 9.17) is 11.6 Å². The van der Waals surface area contributed by atoms with Crippen LogP contribution in [0.2, 0.25) is 5.02 Å². The van der Waals surface area contributed by atoms with Crippen molar-refractivity contribution in [3.8, 4) is 11.3 Å². The van der Waals surface area contributed by atoms with Crippen molar-refractivity contribution in [3.63, 3.8) is 0 Å². The third kappa shape index (κ3) is 2.46. The van der Waals surface area contributed by atoms with E-state index in [-0.39, 0.29) is 0 Å². The smallest absolute Gasteiger partial charge is 0.0536 e. The average Bonchev–Trinajstić information content (AvgIpc) is 3.06. The van der Waals surface area contributed by atoms with Gasteiger partial charge in [-0.15, -0.1) is 0 Å². The molecule has 0 aliphatic carbocycles. The summed E-state index contributed by atoms with van der Waals surface area (Å²) in [5.41, 5.74) is 8.15. The molecule has 3 aromatic rings. The monoisotopic (exact) mass is 326 g/mol. The second-order valence-corrected chi connectivity index (χ2v) is 6.42. The Kier molecular flexibility index (Phi) is 4.47. The van der Waals surface area contributed by atoms with Gasteiger partial charge in [0.1, 0.15) is 0 Å².